The minimum atomic E-state index is -0.881. The van der Waals surface area contributed by atoms with E-state index in [4.69, 9.17) is 12.2 Å². The molecular formula is C7H13NOS. The first kappa shape index (κ1) is 9.67. The van der Waals surface area contributed by atoms with Crippen molar-refractivity contribution in [3.63, 3.8) is 0 Å². The van der Waals surface area contributed by atoms with Crippen molar-refractivity contribution in [1.82, 2.24) is 0 Å². The van der Waals surface area contributed by atoms with Gasteiger partial charge in [0, 0.05) is 16.6 Å². The van der Waals surface area contributed by atoms with Gasteiger partial charge < -0.3 is 5.73 Å². The highest BCUT2D eigenvalue weighted by molar-refractivity contribution is 7.85. The second-order valence-electron chi connectivity index (χ2n) is 2.04. The lowest BCUT2D eigenvalue weighted by Gasteiger charge is -2.01. The van der Waals surface area contributed by atoms with Gasteiger partial charge in [-0.1, -0.05) is 5.92 Å². The molecule has 0 fully saturated rings. The third-order valence-corrected chi connectivity index (χ3v) is 2.79. The second-order valence-corrected chi connectivity index (χ2v) is 3.91. The van der Waals surface area contributed by atoms with E-state index in [1.807, 2.05) is 0 Å². The predicted molar refractivity (Wildman–Crippen MR) is 45.0 cm³/mol. The summed E-state index contributed by atoms with van der Waals surface area (Å²) in [5.74, 6) is 3.06. The summed E-state index contributed by atoms with van der Waals surface area (Å²) in [7, 11) is -0.881. The van der Waals surface area contributed by atoms with Gasteiger partial charge in [0.2, 0.25) is 0 Å². The van der Waals surface area contributed by atoms with Crippen molar-refractivity contribution >= 4 is 10.8 Å². The lowest BCUT2D eigenvalue weighted by atomic mass is 10.5. The van der Waals surface area contributed by atoms with E-state index in [0.29, 0.717) is 12.3 Å². The van der Waals surface area contributed by atoms with Crippen molar-refractivity contribution in [2.45, 2.75) is 18.6 Å². The van der Waals surface area contributed by atoms with Crippen LogP contribution in [0.15, 0.2) is 0 Å². The Bertz CT molecular complexity index is 150. The SMILES string of the molecule is C#CC(C)S(=O)CCCN. The van der Waals surface area contributed by atoms with E-state index in [-0.39, 0.29) is 5.25 Å². The summed E-state index contributed by atoms with van der Waals surface area (Å²) < 4.78 is 11.0. The zero-order chi connectivity index (χ0) is 7.98. The fourth-order valence-corrected chi connectivity index (χ4v) is 1.43. The molecule has 0 amide bonds. The maximum atomic E-state index is 11.0. The van der Waals surface area contributed by atoms with Crippen molar-refractivity contribution in [2.75, 3.05) is 12.3 Å². The van der Waals surface area contributed by atoms with Crippen molar-refractivity contribution in [1.29, 1.82) is 0 Å². The van der Waals surface area contributed by atoms with Crippen LogP contribution in [0.4, 0.5) is 0 Å². The highest BCUT2D eigenvalue weighted by Gasteiger charge is 2.05. The maximum Gasteiger partial charge on any atom is 0.0924 e. The third kappa shape index (κ3) is 3.65. The Balaban J connectivity index is 3.54. The van der Waals surface area contributed by atoms with Crippen LogP contribution in [0.5, 0.6) is 0 Å². The topological polar surface area (TPSA) is 43.1 Å². The van der Waals surface area contributed by atoms with Gasteiger partial charge in [0.25, 0.3) is 0 Å². The average Bonchev–Trinajstić information content (AvgIpc) is 1.98. The molecule has 0 heterocycles. The fraction of sp³-hybridized carbons (Fsp3) is 0.714. The van der Waals surface area contributed by atoms with Gasteiger partial charge in [-0.05, 0) is 19.9 Å². The number of hydrogen-bond acceptors (Lipinski definition) is 2. The third-order valence-electron chi connectivity index (χ3n) is 1.18. The molecule has 0 saturated carbocycles. The smallest absolute Gasteiger partial charge is 0.0924 e. The van der Waals surface area contributed by atoms with Gasteiger partial charge in [0.15, 0.2) is 0 Å². The molecule has 2 N–H and O–H groups in total. The standard InChI is InChI=1S/C7H13NOS/c1-3-7(2)10(9)6-4-5-8/h1,7H,4-6,8H2,2H3. The normalized spacial score (nSPS) is 15.7. The molecule has 0 aromatic carbocycles. The van der Waals surface area contributed by atoms with E-state index in [9.17, 15) is 4.21 Å². The van der Waals surface area contributed by atoms with Crippen LogP contribution in [0.3, 0.4) is 0 Å². The van der Waals surface area contributed by atoms with Gasteiger partial charge in [0.1, 0.15) is 0 Å². The predicted octanol–water partition coefficient (Wildman–Crippen LogP) is 0.106. The van der Waals surface area contributed by atoms with E-state index in [1.165, 1.54) is 0 Å². The minimum absolute atomic E-state index is 0.133. The van der Waals surface area contributed by atoms with Crippen LogP contribution >= 0.6 is 0 Å². The molecule has 10 heavy (non-hydrogen) atoms. The zero-order valence-electron chi connectivity index (χ0n) is 6.17. The molecule has 0 aliphatic carbocycles. The van der Waals surface area contributed by atoms with E-state index < -0.39 is 10.8 Å². The highest BCUT2D eigenvalue weighted by atomic mass is 32.2. The Morgan fingerprint density at radius 1 is 1.80 bits per heavy atom. The molecule has 3 heteroatoms. The summed E-state index contributed by atoms with van der Waals surface area (Å²) >= 11 is 0. The van der Waals surface area contributed by atoms with E-state index >= 15 is 0 Å². The molecule has 2 nitrogen and oxygen atoms in total. The average molecular weight is 159 g/mol. The molecular weight excluding hydrogens is 146 g/mol. The monoisotopic (exact) mass is 159 g/mol. The van der Waals surface area contributed by atoms with Crippen LogP contribution in [-0.2, 0) is 10.8 Å². The molecule has 2 unspecified atom stereocenters. The molecule has 0 bridgehead atoms. The van der Waals surface area contributed by atoms with Gasteiger partial charge in [-0.2, -0.15) is 0 Å². The van der Waals surface area contributed by atoms with Crippen molar-refractivity contribution in [3.05, 3.63) is 0 Å². The number of terminal acetylenes is 1. The Morgan fingerprint density at radius 2 is 2.40 bits per heavy atom. The molecule has 0 aliphatic heterocycles. The van der Waals surface area contributed by atoms with Crippen molar-refractivity contribution in [3.8, 4) is 12.3 Å². The van der Waals surface area contributed by atoms with Gasteiger partial charge >= 0.3 is 0 Å². The lowest BCUT2D eigenvalue weighted by Crippen LogP contribution is -2.14. The maximum absolute atomic E-state index is 11.0. The number of rotatable bonds is 4. The number of hydrogen-bond donors (Lipinski definition) is 1. The van der Waals surface area contributed by atoms with Crippen LogP contribution < -0.4 is 5.73 Å². The van der Waals surface area contributed by atoms with Gasteiger partial charge in [-0.3, -0.25) is 4.21 Å². The number of nitrogens with two attached hydrogens (primary N) is 1. The van der Waals surface area contributed by atoms with E-state index in [1.54, 1.807) is 6.92 Å². The summed E-state index contributed by atoms with van der Waals surface area (Å²) in [4.78, 5) is 0. The zero-order valence-corrected chi connectivity index (χ0v) is 6.99. The molecule has 0 saturated heterocycles. The molecule has 0 rings (SSSR count). The summed E-state index contributed by atoms with van der Waals surface area (Å²) in [6.07, 6.45) is 5.86. The second kappa shape index (κ2) is 5.45. The molecule has 2 atom stereocenters. The van der Waals surface area contributed by atoms with Gasteiger partial charge in [0.05, 0.1) is 5.25 Å². The summed E-state index contributed by atoms with van der Waals surface area (Å²) in [5, 5.41) is -0.133. The molecule has 0 aromatic rings. The Morgan fingerprint density at radius 3 is 2.80 bits per heavy atom. The first-order valence-corrected chi connectivity index (χ1v) is 4.64. The van der Waals surface area contributed by atoms with Crippen molar-refractivity contribution in [2.24, 2.45) is 5.73 Å². The Hall–Kier alpha value is -0.330. The quantitative estimate of drug-likeness (QED) is 0.591. The van der Waals surface area contributed by atoms with Gasteiger partial charge in [-0.15, -0.1) is 6.42 Å². The van der Waals surface area contributed by atoms with E-state index in [2.05, 4.69) is 5.92 Å². The van der Waals surface area contributed by atoms with Gasteiger partial charge in [-0.25, -0.2) is 0 Å². The fourth-order valence-electron chi connectivity index (χ4n) is 0.478. The molecule has 0 aromatic heterocycles. The first-order chi connectivity index (χ1) is 4.72. The largest absolute Gasteiger partial charge is 0.330 e. The molecule has 0 radical (unpaired) electrons. The van der Waals surface area contributed by atoms with Crippen LogP contribution in [0.1, 0.15) is 13.3 Å². The Kier molecular flexibility index (Phi) is 5.27. The van der Waals surface area contributed by atoms with Crippen LogP contribution in [0.25, 0.3) is 0 Å². The van der Waals surface area contributed by atoms with Crippen molar-refractivity contribution < 1.29 is 4.21 Å². The first-order valence-electron chi connectivity index (χ1n) is 3.25. The lowest BCUT2D eigenvalue weighted by molar-refractivity contribution is 0.678. The van der Waals surface area contributed by atoms with Crippen LogP contribution in [-0.4, -0.2) is 21.8 Å². The summed E-state index contributed by atoms with van der Waals surface area (Å²) in [5.41, 5.74) is 5.23. The Labute approximate surface area is 64.6 Å². The van der Waals surface area contributed by atoms with E-state index in [0.717, 1.165) is 6.42 Å². The summed E-state index contributed by atoms with van der Waals surface area (Å²) in [6, 6.07) is 0. The van der Waals surface area contributed by atoms with Crippen LogP contribution in [0.2, 0.25) is 0 Å². The molecule has 58 valence electrons. The highest BCUT2D eigenvalue weighted by Crippen LogP contribution is 1.95. The molecule has 0 aliphatic rings. The molecule has 0 spiro atoms. The summed E-state index contributed by atoms with van der Waals surface area (Å²) in [6.45, 7) is 2.37. The van der Waals surface area contributed by atoms with Crippen LogP contribution in [0, 0.1) is 12.3 Å². The minimum Gasteiger partial charge on any atom is -0.330 e.